The van der Waals surface area contributed by atoms with Crippen LogP contribution in [-0.4, -0.2) is 26.0 Å². The van der Waals surface area contributed by atoms with E-state index < -0.39 is 0 Å². The molecular formula is C72H71BN2O3. The Balaban J connectivity index is 1.09. The highest BCUT2D eigenvalue weighted by Gasteiger charge is 2.53. The molecule has 0 saturated carbocycles. The standard InChI is InChI=1S/C72H71BN2O3/c1-43-34-61-66-62(35-43)75(67-44(2)36-54(37-45(67)3)72(10,11)12)68-59(30-31-64-69(68)77-33-15-32-76-64)73(66)58-29-23-48(49-22-28-57-56-16-13-14-17-63(56)78-65(57)42-49)41-60(58)74(61)55-39-50(46-18-24-52(25-19-46)70(4,5)6)38-51(40-55)47-20-26-53(27-21-47)71(7,8)9/h13-14,16-31,34-42,61,66H,15,32-33H2,1-12H3. The number of aryl methyl sites for hydroxylation is 2. The second kappa shape index (κ2) is 18.2. The predicted molar refractivity (Wildman–Crippen MR) is 329 cm³/mol. The minimum atomic E-state index is -0.0775. The van der Waals surface area contributed by atoms with Crippen LogP contribution in [0.4, 0.5) is 22.7 Å². The fraction of sp³-hybridized carbons (Fsp3) is 0.278. The van der Waals surface area contributed by atoms with Gasteiger partial charge in [-0.2, -0.15) is 0 Å². The van der Waals surface area contributed by atoms with Crippen molar-refractivity contribution >= 4 is 62.3 Å². The Morgan fingerprint density at radius 2 is 1.08 bits per heavy atom. The first-order valence-corrected chi connectivity index (χ1v) is 28.2. The molecule has 0 spiro atoms. The van der Waals surface area contributed by atoms with Gasteiger partial charge in [0.05, 0.1) is 30.6 Å². The number of benzene rings is 8. The molecule has 8 aromatic carbocycles. The Bertz CT molecular complexity index is 3850. The smallest absolute Gasteiger partial charge is 0.226 e. The third-order valence-corrected chi connectivity index (χ3v) is 17.2. The van der Waals surface area contributed by atoms with Gasteiger partial charge in [0.25, 0.3) is 0 Å². The van der Waals surface area contributed by atoms with E-state index in [1.807, 2.05) is 6.07 Å². The maximum Gasteiger partial charge on any atom is 0.226 e. The minimum absolute atomic E-state index is 0.0115. The SMILES string of the molecule is CC1=CC2C3B(c4ccc(-c5ccc6c(c5)oc5ccccc56)cc4N2c2cc(-c4ccc(C(C)(C)C)cc4)cc(-c4ccc(C(C)(C)C)cc4)c2)c2ccc4c(c2N(c2c(C)cc(C(C)(C)C)cc2C)C3=C1)OCCCO4. The van der Waals surface area contributed by atoms with Crippen molar-refractivity contribution in [1.82, 2.24) is 0 Å². The second-order valence-corrected chi connectivity index (χ2v) is 25.8. The first kappa shape index (κ1) is 49.8. The van der Waals surface area contributed by atoms with E-state index in [-0.39, 0.29) is 34.8 Å². The van der Waals surface area contributed by atoms with Gasteiger partial charge in [-0.15, -0.1) is 0 Å². The molecule has 2 atom stereocenters. The van der Waals surface area contributed by atoms with Crippen LogP contribution in [-0.2, 0) is 16.2 Å². The highest BCUT2D eigenvalue weighted by molar-refractivity contribution is 6.90. The summed E-state index contributed by atoms with van der Waals surface area (Å²) in [5.74, 6) is 1.65. The van der Waals surface area contributed by atoms with Gasteiger partial charge in [0, 0.05) is 40.1 Å². The van der Waals surface area contributed by atoms with E-state index in [1.165, 1.54) is 83.6 Å². The molecule has 1 aromatic heterocycles. The molecule has 13 rings (SSSR count). The van der Waals surface area contributed by atoms with Crippen LogP contribution in [0.25, 0.3) is 55.3 Å². The minimum Gasteiger partial charge on any atom is -0.489 e. The van der Waals surface area contributed by atoms with Crippen LogP contribution in [0.1, 0.15) is 103 Å². The molecule has 0 N–H and O–H groups in total. The molecule has 2 unspecified atom stereocenters. The van der Waals surface area contributed by atoms with E-state index in [1.54, 1.807) is 0 Å². The van der Waals surface area contributed by atoms with Crippen molar-refractivity contribution in [3.05, 3.63) is 203 Å². The fourth-order valence-corrected chi connectivity index (χ4v) is 13.1. The van der Waals surface area contributed by atoms with Crippen LogP contribution in [0, 0.1) is 13.8 Å². The lowest BCUT2D eigenvalue weighted by molar-refractivity contribution is 0.297. The Labute approximate surface area is 462 Å². The zero-order valence-electron chi connectivity index (χ0n) is 47.6. The van der Waals surface area contributed by atoms with Crippen molar-refractivity contribution in [2.45, 2.75) is 118 Å². The summed E-state index contributed by atoms with van der Waals surface area (Å²) >= 11 is 0. The molecule has 78 heavy (non-hydrogen) atoms. The van der Waals surface area contributed by atoms with E-state index >= 15 is 0 Å². The lowest BCUT2D eigenvalue weighted by Gasteiger charge is -2.54. The average molecular weight is 1020 g/mol. The number of fused-ring (bicyclic) bond motifs is 9. The Hall–Kier alpha value is -7.70. The van der Waals surface area contributed by atoms with Gasteiger partial charge in [0.2, 0.25) is 6.71 Å². The van der Waals surface area contributed by atoms with Crippen LogP contribution in [0.3, 0.4) is 0 Å². The van der Waals surface area contributed by atoms with Gasteiger partial charge in [-0.3, -0.25) is 0 Å². The molecule has 9 aromatic rings. The second-order valence-electron chi connectivity index (χ2n) is 25.8. The number of hydrogen-bond acceptors (Lipinski definition) is 5. The molecule has 0 saturated heterocycles. The monoisotopic (exact) mass is 1020 g/mol. The molecular weight excluding hydrogens is 952 g/mol. The van der Waals surface area contributed by atoms with Gasteiger partial charge in [0.15, 0.2) is 11.5 Å². The van der Waals surface area contributed by atoms with E-state index in [4.69, 9.17) is 13.9 Å². The number of nitrogens with zero attached hydrogens (tertiary/aromatic N) is 2. The molecule has 3 aliphatic heterocycles. The largest absolute Gasteiger partial charge is 0.489 e. The molecule has 390 valence electrons. The zero-order chi connectivity index (χ0) is 54.2. The number of furan rings is 1. The van der Waals surface area contributed by atoms with Gasteiger partial charge < -0.3 is 23.7 Å². The first-order chi connectivity index (χ1) is 37.3. The van der Waals surface area contributed by atoms with E-state index in [0.717, 1.165) is 62.4 Å². The molecule has 4 aliphatic rings. The lowest BCUT2D eigenvalue weighted by atomic mass is 9.28. The summed E-state index contributed by atoms with van der Waals surface area (Å²) < 4.78 is 20.1. The highest BCUT2D eigenvalue weighted by atomic mass is 16.5. The van der Waals surface area contributed by atoms with Gasteiger partial charge >= 0.3 is 0 Å². The van der Waals surface area contributed by atoms with Crippen molar-refractivity contribution in [1.29, 1.82) is 0 Å². The summed E-state index contributed by atoms with van der Waals surface area (Å²) in [6, 6.07) is 57.5. The number of hydrogen-bond donors (Lipinski definition) is 0. The number of anilines is 4. The summed E-state index contributed by atoms with van der Waals surface area (Å²) in [6.07, 6.45) is 5.85. The summed E-state index contributed by atoms with van der Waals surface area (Å²) in [7, 11) is 0. The van der Waals surface area contributed by atoms with Crippen LogP contribution in [0.2, 0.25) is 5.82 Å². The molecule has 0 radical (unpaired) electrons. The summed E-state index contributed by atoms with van der Waals surface area (Å²) in [5, 5.41) is 2.26. The van der Waals surface area contributed by atoms with Gasteiger partial charge in [-0.05, 0) is 158 Å². The van der Waals surface area contributed by atoms with Crippen molar-refractivity contribution in [3.63, 3.8) is 0 Å². The summed E-state index contributed by atoms with van der Waals surface area (Å²) in [5.41, 5.74) is 25.0. The number of rotatable bonds is 5. The Morgan fingerprint density at radius 1 is 0.500 bits per heavy atom. The third-order valence-electron chi connectivity index (χ3n) is 17.2. The van der Waals surface area contributed by atoms with Crippen LogP contribution < -0.4 is 30.2 Å². The quantitative estimate of drug-likeness (QED) is 0.161. The van der Waals surface area contributed by atoms with E-state index in [0.29, 0.717) is 13.2 Å². The third kappa shape index (κ3) is 8.37. The Morgan fingerprint density at radius 3 is 1.73 bits per heavy atom. The van der Waals surface area contributed by atoms with Crippen molar-refractivity contribution < 1.29 is 13.9 Å². The van der Waals surface area contributed by atoms with Crippen LogP contribution in [0.5, 0.6) is 11.5 Å². The van der Waals surface area contributed by atoms with Crippen LogP contribution >= 0.6 is 0 Å². The maximum atomic E-state index is 6.95. The van der Waals surface area contributed by atoms with E-state index in [2.05, 4.69) is 251 Å². The molecule has 6 heteroatoms. The highest BCUT2D eigenvalue weighted by Crippen LogP contribution is 2.56. The molecule has 0 amide bonds. The first-order valence-electron chi connectivity index (χ1n) is 28.2. The Kier molecular flexibility index (Phi) is 11.6. The normalized spacial score (nSPS) is 17.1. The van der Waals surface area contributed by atoms with Crippen LogP contribution in [0.15, 0.2) is 179 Å². The average Bonchev–Trinajstić information content (AvgIpc) is 3.61. The van der Waals surface area contributed by atoms with Crippen molar-refractivity contribution in [2.75, 3.05) is 23.0 Å². The maximum absolute atomic E-state index is 6.95. The van der Waals surface area contributed by atoms with Crippen molar-refractivity contribution in [3.8, 4) is 44.9 Å². The zero-order valence-corrected chi connectivity index (χ0v) is 47.6. The van der Waals surface area contributed by atoms with E-state index in [9.17, 15) is 0 Å². The molecule has 1 aliphatic carbocycles. The molecule has 4 heterocycles. The topological polar surface area (TPSA) is 38.1 Å². The van der Waals surface area contributed by atoms with Crippen molar-refractivity contribution in [2.24, 2.45) is 0 Å². The number of ether oxygens (including phenoxy) is 2. The van der Waals surface area contributed by atoms with Gasteiger partial charge in [-0.1, -0.05) is 183 Å². The van der Waals surface area contributed by atoms with Gasteiger partial charge in [0.1, 0.15) is 11.2 Å². The molecule has 0 bridgehead atoms. The number of para-hydroxylation sites is 1. The fourth-order valence-electron chi connectivity index (χ4n) is 13.1. The summed E-state index contributed by atoms with van der Waals surface area (Å²) in [4.78, 5) is 5.30. The predicted octanol–water partition coefficient (Wildman–Crippen LogP) is 17.8. The summed E-state index contributed by atoms with van der Waals surface area (Å²) in [6.45, 7) is 28.8. The van der Waals surface area contributed by atoms with Gasteiger partial charge in [-0.25, -0.2) is 0 Å². The molecule has 0 fully saturated rings. The lowest BCUT2D eigenvalue weighted by Crippen LogP contribution is -2.63. The number of allylic oxidation sites excluding steroid dienone is 2. The molecule has 5 nitrogen and oxygen atoms in total.